The molecule has 0 fully saturated rings. The molecule has 0 spiro atoms. The highest BCUT2D eigenvalue weighted by Gasteiger charge is 1.99. The van der Waals surface area contributed by atoms with Crippen LogP contribution in [0.4, 0.5) is 0 Å². The van der Waals surface area contributed by atoms with E-state index in [1.165, 1.54) is 0 Å². The van der Waals surface area contributed by atoms with E-state index >= 15 is 0 Å². The van der Waals surface area contributed by atoms with Crippen molar-refractivity contribution in [2.45, 2.75) is 12.8 Å². The van der Waals surface area contributed by atoms with Crippen LogP contribution < -0.4 is 5.73 Å². The molecule has 15 heavy (non-hydrogen) atoms. The largest absolute Gasteiger partial charge is 0.370 e. The van der Waals surface area contributed by atoms with Crippen LogP contribution >= 0.6 is 0 Å². The smallest absolute Gasteiger partial charge is 0.217 e. The summed E-state index contributed by atoms with van der Waals surface area (Å²) in [4.78, 5) is 21.5. The Kier molecular flexibility index (Phi) is 4.11. The summed E-state index contributed by atoms with van der Waals surface area (Å²) in [6, 6.07) is 9.19. The van der Waals surface area contributed by atoms with E-state index in [0.29, 0.717) is 0 Å². The second-order valence-electron chi connectivity index (χ2n) is 3.01. The fraction of sp³-hybridized carbons (Fsp3) is 0.167. The Hall–Kier alpha value is -2.08. The van der Waals surface area contributed by atoms with E-state index < -0.39 is 5.91 Å². The van der Waals surface area contributed by atoms with E-state index in [9.17, 15) is 9.59 Å². The number of benzene rings is 1. The van der Waals surface area contributed by atoms with Gasteiger partial charge in [-0.1, -0.05) is 24.1 Å². The molecule has 3 heteroatoms. The maximum absolute atomic E-state index is 11.1. The average molecular weight is 201 g/mol. The summed E-state index contributed by atoms with van der Waals surface area (Å²) in [5, 5.41) is 0. The van der Waals surface area contributed by atoms with E-state index in [4.69, 9.17) is 5.73 Å². The highest BCUT2D eigenvalue weighted by Crippen LogP contribution is 1.95. The summed E-state index contributed by atoms with van der Waals surface area (Å²) >= 11 is 0. The summed E-state index contributed by atoms with van der Waals surface area (Å²) in [5.74, 6) is 4.43. The molecule has 1 aromatic carbocycles. The minimum absolute atomic E-state index is 0.0578. The third-order valence-electron chi connectivity index (χ3n) is 1.72. The number of amides is 1. The molecule has 0 heterocycles. The summed E-state index contributed by atoms with van der Waals surface area (Å²) < 4.78 is 0. The van der Waals surface area contributed by atoms with Crippen LogP contribution in [0.2, 0.25) is 0 Å². The molecule has 2 N–H and O–H groups in total. The number of carbonyl (C=O) groups excluding carboxylic acids is 2. The molecule has 0 aliphatic heterocycles. The Morgan fingerprint density at radius 3 is 2.40 bits per heavy atom. The number of nitrogens with two attached hydrogens (primary N) is 1. The number of ketones is 1. The molecule has 0 aliphatic rings. The van der Waals surface area contributed by atoms with E-state index in [2.05, 4.69) is 11.8 Å². The van der Waals surface area contributed by atoms with Crippen LogP contribution in [0.15, 0.2) is 30.3 Å². The van der Waals surface area contributed by atoms with Gasteiger partial charge in [-0.3, -0.25) is 9.59 Å². The lowest BCUT2D eigenvalue weighted by molar-refractivity contribution is -0.121. The zero-order valence-electron chi connectivity index (χ0n) is 8.19. The van der Waals surface area contributed by atoms with Crippen molar-refractivity contribution in [3.63, 3.8) is 0 Å². The van der Waals surface area contributed by atoms with Crippen molar-refractivity contribution < 1.29 is 9.59 Å². The first-order chi connectivity index (χ1) is 7.18. The van der Waals surface area contributed by atoms with Gasteiger partial charge in [0.1, 0.15) is 0 Å². The quantitative estimate of drug-likeness (QED) is 0.738. The van der Waals surface area contributed by atoms with Gasteiger partial charge in [0.15, 0.2) is 0 Å². The van der Waals surface area contributed by atoms with Gasteiger partial charge in [0.25, 0.3) is 0 Å². The van der Waals surface area contributed by atoms with Crippen LogP contribution in [-0.4, -0.2) is 11.7 Å². The Balaban J connectivity index is 2.51. The first-order valence-electron chi connectivity index (χ1n) is 4.56. The van der Waals surface area contributed by atoms with Crippen LogP contribution in [0, 0.1) is 11.8 Å². The number of rotatable bonds is 3. The van der Waals surface area contributed by atoms with Crippen LogP contribution in [0.1, 0.15) is 18.4 Å². The minimum atomic E-state index is -0.482. The highest BCUT2D eigenvalue weighted by atomic mass is 16.1. The van der Waals surface area contributed by atoms with Gasteiger partial charge in [-0.05, 0) is 18.1 Å². The minimum Gasteiger partial charge on any atom is -0.370 e. The molecule has 1 rings (SSSR count). The van der Waals surface area contributed by atoms with Gasteiger partial charge in [0.05, 0.1) is 0 Å². The lowest BCUT2D eigenvalue weighted by atomic mass is 10.2. The molecule has 0 atom stereocenters. The Labute approximate surface area is 88.3 Å². The van der Waals surface area contributed by atoms with Crippen LogP contribution in [0.5, 0.6) is 0 Å². The van der Waals surface area contributed by atoms with Crippen LogP contribution in [0.25, 0.3) is 0 Å². The predicted octanol–water partition coefficient (Wildman–Crippen LogP) is 0.873. The number of primary amides is 1. The lowest BCUT2D eigenvalue weighted by Gasteiger charge is -1.89. The zero-order chi connectivity index (χ0) is 11.1. The molecule has 0 unspecified atom stereocenters. The summed E-state index contributed by atoms with van der Waals surface area (Å²) in [5.41, 5.74) is 5.69. The molecule has 1 amide bonds. The van der Waals surface area contributed by atoms with Crippen molar-refractivity contribution in [2.75, 3.05) is 0 Å². The standard InChI is InChI=1S/C12H11NO2/c13-12(15)9-8-11(14)7-6-10-4-2-1-3-5-10/h1-5H,8-9H2,(H2,13,15). The van der Waals surface area contributed by atoms with Crippen molar-refractivity contribution in [1.82, 2.24) is 0 Å². The zero-order valence-corrected chi connectivity index (χ0v) is 8.19. The Morgan fingerprint density at radius 2 is 1.80 bits per heavy atom. The first kappa shape index (κ1) is 11.0. The van der Waals surface area contributed by atoms with Crippen molar-refractivity contribution in [3.8, 4) is 11.8 Å². The highest BCUT2D eigenvalue weighted by molar-refractivity contribution is 5.97. The molecule has 0 aliphatic carbocycles. The number of Topliss-reactive ketones (excluding diaryl/α,β-unsaturated/α-hetero) is 1. The van der Waals surface area contributed by atoms with Crippen LogP contribution in [0.3, 0.4) is 0 Å². The average Bonchev–Trinajstić information content (AvgIpc) is 2.25. The topological polar surface area (TPSA) is 60.2 Å². The molecular weight excluding hydrogens is 190 g/mol. The molecule has 0 aromatic heterocycles. The number of hydrogen-bond donors (Lipinski definition) is 1. The second kappa shape index (κ2) is 5.61. The molecule has 3 nitrogen and oxygen atoms in total. The number of carbonyl (C=O) groups is 2. The molecule has 76 valence electrons. The van der Waals surface area contributed by atoms with Crippen LogP contribution in [-0.2, 0) is 9.59 Å². The molecule has 0 radical (unpaired) electrons. The van der Waals surface area contributed by atoms with Gasteiger partial charge >= 0.3 is 0 Å². The summed E-state index contributed by atoms with van der Waals surface area (Å²) in [6.45, 7) is 0. The van der Waals surface area contributed by atoms with Crippen molar-refractivity contribution in [1.29, 1.82) is 0 Å². The lowest BCUT2D eigenvalue weighted by Crippen LogP contribution is -2.11. The maximum atomic E-state index is 11.1. The third-order valence-corrected chi connectivity index (χ3v) is 1.72. The fourth-order valence-corrected chi connectivity index (χ4v) is 0.963. The number of hydrogen-bond acceptors (Lipinski definition) is 2. The Bertz CT molecular complexity index is 412. The van der Waals surface area contributed by atoms with Crippen molar-refractivity contribution in [3.05, 3.63) is 35.9 Å². The van der Waals surface area contributed by atoms with Crippen molar-refractivity contribution in [2.24, 2.45) is 5.73 Å². The van der Waals surface area contributed by atoms with E-state index in [1.807, 2.05) is 30.3 Å². The monoisotopic (exact) mass is 201 g/mol. The third kappa shape index (κ3) is 4.63. The normalized spacial score (nSPS) is 8.80. The second-order valence-corrected chi connectivity index (χ2v) is 3.01. The SMILES string of the molecule is NC(=O)CCC(=O)C#Cc1ccccc1. The molecule has 1 aromatic rings. The molecule has 0 bridgehead atoms. The maximum Gasteiger partial charge on any atom is 0.217 e. The van der Waals surface area contributed by atoms with Gasteiger partial charge in [-0.2, -0.15) is 0 Å². The van der Waals surface area contributed by atoms with E-state index in [1.54, 1.807) is 0 Å². The first-order valence-corrected chi connectivity index (χ1v) is 4.56. The van der Waals surface area contributed by atoms with Gasteiger partial charge in [-0.25, -0.2) is 0 Å². The van der Waals surface area contributed by atoms with E-state index in [0.717, 1.165) is 5.56 Å². The Morgan fingerprint density at radius 1 is 1.13 bits per heavy atom. The summed E-state index contributed by atoms with van der Waals surface area (Å²) in [6.07, 6.45) is 0.150. The van der Waals surface area contributed by atoms with Gasteiger partial charge in [0, 0.05) is 18.4 Å². The molecule has 0 saturated heterocycles. The predicted molar refractivity (Wildman–Crippen MR) is 56.8 cm³/mol. The fourth-order valence-electron chi connectivity index (χ4n) is 0.963. The van der Waals surface area contributed by atoms with Crippen molar-refractivity contribution >= 4 is 11.7 Å². The summed E-state index contributed by atoms with van der Waals surface area (Å²) in [7, 11) is 0. The van der Waals surface area contributed by atoms with Gasteiger partial charge in [0.2, 0.25) is 11.7 Å². The molecule has 0 saturated carbocycles. The van der Waals surface area contributed by atoms with Gasteiger partial charge in [-0.15, -0.1) is 0 Å². The molecular formula is C12H11NO2. The van der Waals surface area contributed by atoms with Gasteiger partial charge < -0.3 is 5.73 Å². The van der Waals surface area contributed by atoms with E-state index in [-0.39, 0.29) is 18.6 Å².